The molecule has 0 atom stereocenters. The topological polar surface area (TPSA) is 53.6 Å². The van der Waals surface area contributed by atoms with Crippen molar-refractivity contribution in [3.05, 3.63) is 35.9 Å². The minimum absolute atomic E-state index is 0.596. The van der Waals surface area contributed by atoms with Gasteiger partial charge in [-0.1, -0.05) is 37.3 Å². The van der Waals surface area contributed by atoms with E-state index >= 15 is 0 Å². The van der Waals surface area contributed by atoms with Crippen LogP contribution in [0.5, 0.6) is 0 Å². The molecule has 4 heteroatoms. The number of aliphatic imine (C=N–C) groups is 1. The number of nitrogens with zero attached hydrogens (tertiary/aromatic N) is 2. The van der Waals surface area contributed by atoms with Crippen molar-refractivity contribution >= 4 is 5.96 Å². The first-order valence-electron chi connectivity index (χ1n) is 9.58. The van der Waals surface area contributed by atoms with Crippen molar-refractivity contribution in [1.29, 1.82) is 0 Å². The molecule has 1 aliphatic heterocycles. The summed E-state index contributed by atoms with van der Waals surface area (Å²) < 4.78 is 0. The molecule has 1 fully saturated rings. The molecule has 1 aromatic carbocycles. The molecule has 0 amide bonds. The van der Waals surface area contributed by atoms with Crippen LogP contribution in [0, 0.1) is 5.92 Å². The summed E-state index contributed by atoms with van der Waals surface area (Å²) in [5, 5.41) is 3.20. The highest BCUT2D eigenvalue weighted by atomic mass is 15.1. The van der Waals surface area contributed by atoms with Crippen LogP contribution in [-0.4, -0.2) is 43.6 Å². The number of rotatable bonds is 9. The van der Waals surface area contributed by atoms with E-state index in [2.05, 4.69) is 52.5 Å². The summed E-state index contributed by atoms with van der Waals surface area (Å²) in [6, 6.07) is 10.9. The zero-order valence-electron chi connectivity index (χ0n) is 15.2. The van der Waals surface area contributed by atoms with Gasteiger partial charge in [0.15, 0.2) is 5.96 Å². The lowest BCUT2D eigenvalue weighted by Gasteiger charge is -2.32. The second-order valence-electron chi connectivity index (χ2n) is 6.88. The van der Waals surface area contributed by atoms with E-state index in [9.17, 15) is 0 Å². The van der Waals surface area contributed by atoms with Gasteiger partial charge in [-0.25, -0.2) is 0 Å². The van der Waals surface area contributed by atoms with Gasteiger partial charge in [-0.05, 0) is 69.6 Å². The number of likely N-dealkylation sites (tertiary alicyclic amines) is 1. The second-order valence-corrected chi connectivity index (χ2v) is 6.88. The minimum atomic E-state index is 0.596. The number of nitrogens with one attached hydrogen (secondary N) is 1. The highest BCUT2D eigenvalue weighted by molar-refractivity contribution is 5.77. The molecule has 1 heterocycles. The Bertz CT molecular complexity index is 464. The van der Waals surface area contributed by atoms with E-state index in [0.29, 0.717) is 5.96 Å². The average molecular weight is 331 g/mol. The first-order valence-corrected chi connectivity index (χ1v) is 9.58. The average Bonchev–Trinajstić information content (AvgIpc) is 2.62. The number of piperidine rings is 1. The number of hydrogen-bond acceptors (Lipinski definition) is 2. The van der Waals surface area contributed by atoms with Crippen molar-refractivity contribution in [3.63, 3.8) is 0 Å². The lowest BCUT2D eigenvalue weighted by Crippen LogP contribution is -2.36. The standard InChI is InChI=1S/C20H34N4/c1-2-12-22-20(21)23-13-6-7-14-24-15-10-19(11-16-24)17-18-8-4-3-5-9-18/h3-5,8-9,19H,2,6-7,10-17H2,1H3,(H3,21,22,23). The Balaban J connectivity index is 1.52. The molecule has 3 N–H and O–H groups in total. The normalized spacial score (nSPS) is 17.1. The van der Waals surface area contributed by atoms with Crippen LogP contribution in [0.15, 0.2) is 35.3 Å². The van der Waals surface area contributed by atoms with Gasteiger partial charge in [-0.15, -0.1) is 0 Å². The van der Waals surface area contributed by atoms with Crippen molar-refractivity contribution < 1.29 is 0 Å². The third kappa shape index (κ3) is 7.35. The van der Waals surface area contributed by atoms with Crippen LogP contribution < -0.4 is 11.1 Å². The Morgan fingerprint density at radius 1 is 1.21 bits per heavy atom. The SMILES string of the molecule is CCCN=C(N)NCCCCN1CCC(Cc2ccccc2)CC1. The van der Waals surface area contributed by atoms with E-state index in [1.807, 2.05) is 0 Å². The fourth-order valence-electron chi connectivity index (χ4n) is 3.33. The summed E-state index contributed by atoms with van der Waals surface area (Å²) in [5.41, 5.74) is 7.28. The molecule has 1 aromatic rings. The molecule has 0 bridgehead atoms. The quantitative estimate of drug-likeness (QED) is 0.416. The summed E-state index contributed by atoms with van der Waals surface area (Å²) in [6.07, 6.45) is 7.36. The van der Waals surface area contributed by atoms with E-state index in [1.165, 1.54) is 50.9 Å². The monoisotopic (exact) mass is 330 g/mol. The fraction of sp³-hybridized carbons (Fsp3) is 0.650. The predicted molar refractivity (Wildman–Crippen MR) is 103 cm³/mol. The van der Waals surface area contributed by atoms with Crippen LogP contribution in [0.1, 0.15) is 44.6 Å². The maximum Gasteiger partial charge on any atom is 0.188 e. The lowest BCUT2D eigenvalue weighted by atomic mass is 9.90. The van der Waals surface area contributed by atoms with E-state index < -0.39 is 0 Å². The molecular formula is C20H34N4. The molecule has 0 saturated carbocycles. The summed E-state index contributed by atoms with van der Waals surface area (Å²) in [4.78, 5) is 6.87. The Kier molecular flexibility index (Phi) is 8.67. The van der Waals surface area contributed by atoms with Crippen molar-refractivity contribution in [2.24, 2.45) is 16.6 Å². The minimum Gasteiger partial charge on any atom is -0.370 e. The maximum atomic E-state index is 5.79. The summed E-state index contributed by atoms with van der Waals surface area (Å²) >= 11 is 0. The molecule has 2 rings (SSSR count). The van der Waals surface area contributed by atoms with Gasteiger partial charge in [0.1, 0.15) is 0 Å². The lowest BCUT2D eigenvalue weighted by molar-refractivity contribution is 0.181. The van der Waals surface area contributed by atoms with E-state index in [1.54, 1.807) is 0 Å². The highest BCUT2D eigenvalue weighted by Crippen LogP contribution is 2.21. The number of nitrogens with two attached hydrogens (primary N) is 1. The zero-order chi connectivity index (χ0) is 17.0. The van der Waals surface area contributed by atoms with Gasteiger partial charge < -0.3 is 16.0 Å². The maximum absolute atomic E-state index is 5.79. The summed E-state index contributed by atoms with van der Waals surface area (Å²) in [5.74, 6) is 1.46. The summed E-state index contributed by atoms with van der Waals surface area (Å²) in [7, 11) is 0. The van der Waals surface area contributed by atoms with Gasteiger partial charge in [-0.2, -0.15) is 0 Å². The van der Waals surface area contributed by atoms with Crippen LogP contribution in [-0.2, 0) is 6.42 Å². The number of unbranched alkanes of at least 4 members (excludes halogenated alkanes) is 1. The van der Waals surface area contributed by atoms with Gasteiger partial charge >= 0.3 is 0 Å². The van der Waals surface area contributed by atoms with Crippen molar-refractivity contribution in [1.82, 2.24) is 10.2 Å². The number of benzene rings is 1. The summed E-state index contributed by atoms with van der Waals surface area (Å²) in [6.45, 7) is 7.59. The molecule has 0 spiro atoms. The van der Waals surface area contributed by atoms with E-state index in [-0.39, 0.29) is 0 Å². The fourth-order valence-corrected chi connectivity index (χ4v) is 3.33. The van der Waals surface area contributed by atoms with Crippen LogP contribution in [0.2, 0.25) is 0 Å². The first kappa shape index (κ1) is 18.8. The van der Waals surface area contributed by atoms with Crippen LogP contribution >= 0.6 is 0 Å². The number of hydrogen-bond donors (Lipinski definition) is 2. The first-order chi connectivity index (χ1) is 11.8. The van der Waals surface area contributed by atoms with Crippen LogP contribution in [0.25, 0.3) is 0 Å². The zero-order valence-corrected chi connectivity index (χ0v) is 15.2. The predicted octanol–water partition coefficient (Wildman–Crippen LogP) is 3.04. The second kappa shape index (κ2) is 11.1. The Labute approximate surface area is 147 Å². The molecule has 24 heavy (non-hydrogen) atoms. The van der Waals surface area contributed by atoms with Gasteiger partial charge in [0.05, 0.1) is 0 Å². The van der Waals surface area contributed by atoms with Gasteiger partial charge in [0.2, 0.25) is 0 Å². The Hall–Kier alpha value is -1.55. The third-order valence-corrected chi connectivity index (χ3v) is 4.79. The van der Waals surface area contributed by atoms with Crippen molar-refractivity contribution in [2.45, 2.75) is 45.4 Å². The largest absolute Gasteiger partial charge is 0.370 e. The Morgan fingerprint density at radius 3 is 2.67 bits per heavy atom. The van der Waals surface area contributed by atoms with Crippen LogP contribution in [0.4, 0.5) is 0 Å². The molecule has 4 nitrogen and oxygen atoms in total. The van der Waals surface area contributed by atoms with Crippen LogP contribution in [0.3, 0.4) is 0 Å². The molecule has 1 saturated heterocycles. The van der Waals surface area contributed by atoms with E-state index in [4.69, 9.17) is 5.73 Å². The van der Waals surface area contributed by atoms with Crippen molar-refractivity contribution in [3.8, 4) is 0 Å². The molecule has 0 aromatic heterocycles. The molecule has 1 aliphatic rings. The van der Waals surface area contributed by atoms with Gasteiger partial charge in [0.25, 0.3) is 0 Å². The third-order valence-electron chi connectivity index (χ3n) is 4.79. The molecule has 134 valence electrons. The van der Waals surface area contributed by atoms with Gasteiger partial charge in [-0.3, -0.25) is 4.99 Å². The molecule has 0 aliphatic carbocycles. The Morgan fingerprint density at radius 2 is 1.96 bits per heavy atom. The van der Waals surface area contributed by atoms with E-state index in [0.717, 1.165) is 31.8 Å². The number of guanidine groups is 1. The van der Waals surface area contributed by atoms with Crippen molar-refractivity contribution in [2.75, 3.05) is 32.7 Å². The highest BCUT2D eigenvalue weighted by Gasteiger charge is 2.18. The molecule has 0 radical (unpaired) electrons. The smallest absolute Gasteiger partial charge is 0.188 e. The molecule has 0 unspecified atom stereocenters. The van der Waals surface area contributed by atoms with Gasteiger partial charge in [0, 0.05) is 13.1 Å². The molecular weight excluding hydrogens is 296 g/mol.